The van der Waals surface area contributed by atoms with Gasteiger partial charge in [-0.25, -0.2) is 4.79 Å². The van der Waals surface area contributed by atoms with Gasteiger partial charge in [-0.1, -0.05) is 68.3 Å². The Balaban J connectivity index is 1.55. The summed E-state index contributed by atoms with van der Waals surface area (Å²) in [6.45, 7) is 5.69. The lowest BCUT2D eigenvalue weighted by atomic mass is 9.98. The van der Waals surface area contributed by atoms with E-state index in [1.54, 1.807) is 13.8 Å². The molecule has 0 spiro atoms. The number of carboxylic acid groups (broad SMARTS) is 1. The molecule has 0 aromatic heterocycles. The first-order valence-corrected chi connectivity index (χ1v) is 11.8. The average Bonchev–Trinajstić information content (AvgIpc) is 3.08. The normalized spacial score (nSPS) is 13.5. The van der Waals surface area contributed by atoms with Crippen molar-refractivity contribution in [2.75, 3.05) is 6.61 Å². The van der Waals surface area contributed by atoms with Crippen LogP contribution in [-0.4, -0.2) is 41.3 Å². The number of fused-ring (bicyclic) bond motifs is 3. The van der Waals surface area contributed by atoms with Crippen LogP contribution in [0.2, 0.25) is 0 Å². The summed E-state index contributed by atoms with van der Waals surface area (Å²) in [5.74, 6) is -1.29. The van der Waals surface area contributed by atoms with Crippen molar-refractivity contribution in [1.82, 2.24) is 10.6 Å². The summed E-state index contributed by atoms with van der Waals surface area (Å²) in [6, 6.07) is 15.8. The first-order chi connectivity index (χ1) is 16.2. The van der Waals surface area contributed by atoms with Crippen LogP contribution in [0.4, 0.5) is 4.79 Å². The van der Waals surface area contributed by atoms with Gasteiger partial charge in [-0.3, -0.25) is 9.59 Å². The maximum atomic E-state index is 12.6. The van der Waals surface area contributed by atoms with E-state index in [1.807, 2.05) is 31.2 Å². The minimum Gasteiger partial charge on any atom is -0.481 e. The predicted molar refractivity (Wildman–Crippen MR) is 131 cm³/mol. The minimum absolute atomic E-state index is 0.0133. The molecule has 7 nitrogen and oxygen atoms in total. The number of aliphatic carboxylic acids is 1. The highest BCUT2D eigenvalue weighted by Gasteiger charge is 2.30. The van der Waals surface area contributed by atoms with E-state index in [-0.39, 0.29) is 31.3 Å². The molecule has 0 radical (unpaired) electrons. The molecule has 3 N–H and O–H groups in total. The maximum absolute atomic E-state index is 12.6. The number of hydrogen-bond acceptors (Lipinski definition) is 4. The van der Waals surface area contributed by atoms with Gasteiger partial charge < -0.3 is 20.5 Å². The van der Waals surface area contributed by atoms with Crippen molar-refractivity contribution in [2.45, 2.75) is 70.4 Å². The number of hydrogen-bond donors (Lipinski definition) is 3. The fourth-order valence-electron chi connectivity index (χ4n) is 4.52. The molecular formula is C27H34N2O5. The second-order valence-electron chi connectivity index (χ2n) is 9.52. The first-order valence-electron chi connectivity index (χ1n) is 11.8. The van der Waals surface area contributed by atoms with E-state index in [4.69, 9.17) is 9.84 Å². The fourth-order valence-corrected chi connectivity index (χ4v) is 4.52. The molecule has 182 valence electrons. The Kier molecular flexibility index (Phi) is 8.31. The number of ether oxygens (including phenoxy) is 1. The van der Waals surface area contributed by atoms with Gasteiger partial charge in [0, 0.05) is 23.9 Å². The molecule has 1 aliphatic carbocycles. The minimum atomic E-state index is -0.947. The van der Waals surface area contributed by atoms with Crippen molar-refractivity contribution in [2.24, 2.45) is 0 Å². The lowest BCUT2D eigenvalue weighted by molar-refractivity contribution is -0.137. The molecule has 2 amide bonds. The summed E-state index contributed by atoms with van der Waals surface area (Å²) in [5, 5.41) is 14.7. The average molecular weight is 467 g/mol. The topological polar surface area (TPSA) is 105 Å². The zero-order valence-corrected chi connectivity index (χ0v) is 20.1. The van der Waals surface area contributed by atoms with Crippen molar-refractivity contribution < 1.29 is 24.2 Å². The largest absolute Gasteiger partial charge is 0.481 e. The monoisotopic (exact) mass is 466 g/mol. The number of nitrogens with one attached hydrogen (secondary N) is 2. The van der Waals surface area contributed by atoms with E-state index >= 15 is 0 Å². The molecule has 1 aliphatic rings. The fraction of sp³-hybridized carbons (Fsp3) is 0.444. The maximum Gasteiger partial charge on any atom is 0.407 e. The molecule has 0 saturated carbocycles. The van der Waals surface area contributed by atoms with Gasteiger partial charge >= 0.3 is 12.1 Å². The SMILES string of the molecule is CCCCC(CC(=O)O)NC(=O)CC(C)(C)NC(=O)OCC1c2ccccc2-c2ccccc21. The molecule has 1 unspecified atom stereocenters. The second-order valence-corrected chi connectivity index (χ2v) is 9.52. The number of rotatable bonds is 11. The van der Waals surface area contributed by atoms with Crippen LogP contribution >= 0.6 is 0 Å². The standard InChI is InChI=1S/C27H34N2O5/c1-4-5-10-18(15-25(31)32)28-24(30)16-27(2,3)29-26(33)34-17-23-21-13-8-6-11-19(21)20-12-7-9-14-22(20)23/h6-9,11-14,18,23H,4-5,10,15-17H2,1-3H3,(H,28,30)(H,29,33)(H,31,32). The van der Waals surface area contributed by atoms with Gasteiger partial charge in [0.2, 0.25) is 5.91 Å². The van der Waals surface area contributed by atoms with Crippen LogP contribution in [0.25, 0.3) is 11.1 Å². The predicted octanol–water partition coefficient (Wildman–Crippen LogP) is 4.84. The van der Waals surface area contributed by atoms with Crippen LogP contribution in [-0.2, 0) is 14.3 Å². The molecule has 0 bridgehead atoms. The smallest absolute Gasteiger partial charge is 0.407 e. The van der Waals surface area contributed by atoms with E-state index < -0.39 is 23.6 Å². The van der Waals surface area contributed by atoms with Crippen LogP contribution in [0.5, 0.6) is 0 Å². The van der Waals surface area contributed by atoms with Gasteiger partial charge in [-0.15, -0.1) is 0 Å². The number of carboxylic acids is 1. The van der Waals surface area contributed by atoms with Gasteiger partial charge in [0.15, 0.2) is 0 Å². The number of carbonyl (C=O) groups is 3. The summed E-state index contributed by atoms with van der Waals surface area (Å²) < 4.78 is 5.58. The van der Waals surface area contributed by atoms with Gasteiger partial charge in [-0.05, 0) is 42.5 Å². The Morgan fingerprint density at radius 1 is 1.03 bits per heavy atom. The zero-order chi connectivity index (χ0) is 24.7. The van der Waals surface area contributed by atoms with Crippen LogP contribution < -0.4 is 10.6 Å². The molecule has 0 fully saturated rings. The molecule has 34 heavy (non-hydrogen) atoms. The van der Waals surface area contributed by atoms with Crippen LogP contribution in [0.3, 0.4) is 0 Å². The van der Waals surface area contributed by atoms with E-state index in [2.05, 4.69) is 34.9 Å². The summed E-state index contributed by atoms with van der Waals surface area (Å²) in [6.07, 6.45) is 1.66. The molecule has 2 aromatic carbocycles. The molecule has 1 atom stereocenters. The third-order valence-electron chi connectivity index (χ3n) is 6.08. The molecular weight excluding hydrogens is 432 g/mol. The lowest BCUT2D eigenvalue weighted by Crippen LogP contribution is -2.48. The van der Waals surface area contributed by atoms with Crippen LogP contribution in [0, 0.1) is 0 Å². The third kappa shape index (κ3) is 6.59. The highest BCUT2D eigenvalue weighted by molar-refractivity contribution is 5.80. The highest BCUT2D eigenvalue weighted by atomic mass is 16.5. The number of amides is 2. The highest BCUT2D eigenvalue weighted by Crippen LogP contribution is 2.44. The summed E-state index contributed by atoms with van der Waals surface area (Å²) in [7, 11) is 0. The Labute approximate surface area is 200 Å². The number of carbonyl (C=O) groups excluding carboxylic acids is 2. The molecule has 2 aromatic rings. The van der Waals surface area contributed by atoms with E-state index in [0.29, 0.717) is 6.42 Å². The van der Waals surface area contributed by atoms with Crippen molar-refractivity contribution in [1.29, 1.82) is 0 Å². The molecule has 0 aliphatic heterocycles. The number of unbranched alkanes of at least 4 members (excludes halogenated alkanes) is 1. The quantitative estimate of drug-likeness (QED) is 0.439. The van der Waals surface area contributed by atoms with Crippen molar-refractivity contribution in [3.05, 3.63) is 59.7 Å². The van der Waals surface area contributed by atoms with Crippen molar-refractivity contribution in [3.63, 3.8) is 0 Å². The van der Waals surface area contributed by atoms with E-state index in [1.165, 1.54) is 0 Å². The third-order valence-corrected chi connectivity index (χ3v) is 6.08. The Hall–Kier alpha value is -3.35. The summed E-state index contributed by atoms with van der Waals surface area (Å²) >= 11 is 0. The van der Waals surface area contributed by atoms with Crippen LogP contribution in [0.15, 0.2) is 48.5 Å². The Morgan fingerprint density at radius 3 is 2.18 bits per heavy atom. The van der Waals surface area contributed by atoms with E-state index in [0.717, 1.165) is 35.1 Å². The molecule has 7 heteroatoms. The Bertz CT molecular complexity index is 988. The number of benzene rings is 2. The first kappa shape index (κ1) is 25.3. The van der Waals surface area contributed by atoms with E-state index in [9.17, 15) is 14.4 Å². The Morgan fingerprint density at radius 2 is 1.62 bits per heavy atom. The number of alkyl carbamates (subject to hydrolysis) is 1. The van der Waals surface area contributed by atoms with Crippen LogP contribution in [0.1, 0.15) is 69.9 Å². The van der Waals surface area contributed by atoms with Crippen molar-refractivity contribution >= 4 is 18.0 Å². The van der Waals surface area contributed by atoms with Gasteiger partial charge in [0.05, 0.1) is 6.42 Å². The lowest BCUT2D eigenvalue weighted by Gasteiger charge is -2.27. The van der Waals surface area contributed by atoms with Gasteiger partial charge in [0.1, 0.15) is 6.61 Å². The summed E-state index contributed by atoms with van der Waals surface area (Å²) in [4.78, 5) is 36.2. The van der Waals surface area contributed by atoms with Crippen molar-refractivity contribution in [3.8, 4) is 11.1 Å². The molecule has 0 saturated heterocycles. The van der Waals surface area contributed by atoms with Gasteiger partial charge in [0.25, 0.3) is 0 Å². The molecule has 3 rings (SSSR count). The summed E-state index contributed by atoms with van der Waals surface area (Å²) in [5.41, 5.74) is 3.72. The second kappa shape index (κ2) is 11.2. The van der Waals surface area contributed by atoms with Gasteiger partial charge in [-0.2, -0.15) is 0 Å². The zero-order valence-electron chi connectivity index (χ0n) is 20.1. The molecule has 0 heterocycles.